The van der Waals surface area contributed by atoms with Gasteiger partial charge in [0.2, 0.25) is 0 Å². The van der Waals surface area contributed by atoms with Crippen molar-refractivity contribution in [3.63, 3.8) is 0 Å². The van der Waals surface area contributed by atoms with Crippen LogP contribution in [0.4, 0.5) is 0 Å². The highest BCUT2D eigenvalue weighted by molar-refractivity contribution is 6.21. The largest absolute Gasteiger partial charge is 0.504 e. The first-order chi connectivity index (χ1) is 20.7. The molecule has 0 aromatic heterocycles. The van der Waals surface area contributed by atoms with Gasteiger partial charge in [-0.3, -0.25) is 0 Å². The first-order valence-electron chi connectivity index (χ1n) is 14.1. The van der Waals surface area contributed by atoms with Crippen molar-refractivity contribution in [3.8, 4) is 44.9 Å². The van der Waals surface area contributed by atoms with Gasteiger partial charge in [0.1, 0.15) is 0 Å². The molecule has 0 aliphatic carbocycles. The Bertz CT molecular complexity index is 2300. The Morgan fingerprint density at radius 3 is 1.48 bits per heavy atom. The van der Waals surface area contributed by atoms with Crippen molar-refractivity contribution in [2.75, 3.05) is 0 Å². The lowest BCUT2D eigenvalue weighted by Crippen LogP contribution is -1.90. The van der Waals surface area contributed by atoms with Gasteiger partial charge in [0.25, 0.3) is 0 Å². The van der Waals surface area contributed by atoms with Crippen LogP contribution in [0.2, 0.25) is 0 Å². The number of hydrogen-bond donors (Lipinski definition) is 2. The van der Waals surface area contributed by atoms with Crippen molar-refractivity contribution in [1.82, 2.24) is 0 Å². The Labute approximate surface area is 243 Å². The van der Waals surface area contributed by atoms with Gasteiger partial charge in [0, 0.05) is 5.39 Å². The van der Waals surface area contributed by atoms with Gasteiger partial charge >= 0.3 is 0 Å². The molecular formula is C40H26O2. The fraction of sp³-hybridized carbons (Fsp3) is 0. The molecule has 0 aliphatic rings. The van der Waals surface area contributed by atoms with E-state index in [4.69, 9.17) is 0 Å². The third-order valence-corrected chi connectivity index (χ3v) is 8.45. The lowest BCUT2D eigenvalue weighted by molar-refractivity contribution is 0.408. The summed E-state index contributed by atoms with van der Waals surface area (Å²) in [4.78, 5) is 0. The molecular weight excluding hydrogens is 512 g/mol. The summed E-state index contributed by atoms with van der Waals surface area (Å²) < 4.78 is 0. The van der Waals surface area contributed by atoms with Gasteiger partial charge in [-0.25, -0.2) is 0 Å². The highest BCUT2D eigenvalue weighted by atomic mass is 16.3. The molecule has 8 rings (SSSR count). The Hall–Kier alpha value is -5.60. The van der Waals surface area contributed by atoms with E-state index < -0.39 is 0 Å². The second kappa shape index (κ2) is 9.50. The lowest BCUT2D eigenvalue weighted by atomic mass is 9.86. The van der Waals surface area contributed by atoms with E-state index in [1.165, 1.54) is 21.9 Å². The fourth-order valence-corrected chi connectivity index (χ4v) is 6.37. The molecule has 42 heavy (non-hydrogen) atoms. The van der Waals surface area contributed by atoms with Crippen LogP contribution in [0.15, 0.2) is 146 Å². The average molecular weight is 539 g/mol. The van der Waals surface area contributed by atoms with Crippen molar-refractivity contribution in [2.45, 2.75) is 0 Å². The summed E-state index contributed by atoms with van der Waals surface area (Å²) in [5.74, 6) is -0.222. The second-order valence-electron chi connectivity index (χ2n) is 10.9. The van der Waals surface area contributed by atoms with Crippen LogP contribution in [0, 0.1) is 0 Å². The van der Waals surface area contributed by atoms with Crippen molar-refractivity contribution in [1.29, 1.82) is 0 Å². The van der Waals surface area contributed by atoms with Crippen molar-refractivity contribution in [3.05, 3.63) is 146 Å². The molecule has 0 spiro atoms. The van der Waals surface area contributed by atoms with E-state index in [0.717, 1.165) is 49.2 Å². The van der Waals surface area contributed by atoms with Crippen LogP contribution in [-0.2, 0) is 0 Å². The van der Waals surface area contributed by atoms with Gasteiger partial charge in [-0.1, -0.05) is 109 Å². The minimum absolute atomic E-state index is 0.0998. The van der Waals surface area contributed by atoms with Crippen molar-refractivity contribution < 1.29 is 10.2 Å². The van der Waals surface area contributed by atoms with E-state index in [-0.39, 0.29) is 11.5 Å². The van der Waals surface area contributed by atoms with Crippen LogP contribution in [0.1, 0.15) is 0 Å². The van der Waals surface area contributed by atoms with E-state index in [2.05, 4.69) is 103 Å². The number of hydrogen-bond acceptors (Lipinski definition) is 2. The first-order valence-corrected chi connectivity index (χ1v) is 14.1. The van der Waals surface area contributed by atoms with Crippen molar-refractivity contribution >= 4 is 43.1 Å². The van der Waals surface area contributed by atoms with E-state index in [1.807, 2.05) is 36.4 Å². The van der Waals surface area contributed by atoms with Gasteiger partial charge < -0.3 is 10.2 Å². The van der Waals surface area contributed by atoms with E-state index in [1.54, 1.807) is 6.07 Å². The molecule has 2 nitrogen and oxygen atoms in total. The summed E-state index contributed by atoms with van der Waals surface area (Å²) in [5, 5.41) is 29.9. The predicted octanol–water partition coefficient (Wildman–Crippen LogP) is 10.7. The molecule has 0 amide bonds. The molecule has 2 heteroatoms. The summed E-state index contributed by atoms with van der Waals surface area (Å²) in [7, 11) is 0. The highest BCUT2D eigenvalue weighted by Gasteiger charge is 2.17. The molecule has 0 radical (unpaired) electrons. The minimum atomic E-state index is -0.122. The molecule has 8 aromatic carbocycles. The monoisotopic (exact) mass is 538 g/mol. The highest BCUT2D eigenvalue weighted by Crippen LogP contribution is 2.45. The van der Waals surface area contributed by atoms with E-state index in [9.17, 15) is 10.2 Å². The van der Waals surface area contributed by atoms with Crippen LogP contribution in [-0.4, -0.2) is 10.2 Å². The maximum absolute atomic E-state index is 11.1. The molecule has 0 fully saturated rings. The topological polar surface area (TPSA) is 40.5 Å². The quantitative estimate of drug-likeness (QED) is 0.173. The molecule has 0 atom stereocenters. The maximum Gasteiger partial charge on any atom is 0.165 e. The molecule has 198 valence electrons. The lowest BCUT2D eigenvalue weighted by Gasteiger charge is -2.17. The number of benzene rings is 8. The molecule has 8 aromatic rings. The number of phenolic OH excluding ortho intramolecular Hbond substituents is 2. The van der Waals surface area contributed by atoms with Crippen LogP contribution >= 0.6 is 0 Å². The SMILES string of the molecule is Oc1ccc2c(cc(-c3cc4ccccc4c4cc(-c5ccccc5)ccc34)c3ccc(-c4ccccc4)cc32)c1O. The molecule has 0 heterocycles. The molecule has 0 saturated carbocycles. The van der Waals surface area contributed by atoms with Crippen LogP contribution in [0.5, 0.6) is 11.5 Å². The summed E-state index contributed by atoms with van der Waals surface area (Å²) >= 11 is 0. The van der Waals surface area contributed by atoms with Gasteiger partial charge in [-0.15, -0.1) is 0 Å². The minimum Gasteiger partial charge on any atom is -0.504 e. The number of aromatic hydroxyl groups is 2. The normalized spacial score (nSPS) is 11.5. The number of phenols is 2. The predicted molar refractivity (Wildman–Crippen MR) is 176 cm³/mol. The van der Waals surface area contributed by atoms with Gasteiger partial charge in [-0.2, -0.15) is 0 Å². The summed E-state index contributed by atoms with van der Waals surface area (Å²) in [5.41, 5.74) is 6.69. The van der Waals surface area contributed by atoms with Gasteiger partial charge in [0.15, 0.2) is 11.5 Å². The zero-order chi connectivity index (χ0) is 28.2. The number of rotatable bonds is 3. The average Bonchev–Trinajstić information content (AvgIpc) is 3.06. The number of fused-ring (bicyclic) bond motifs is 6. The van der Waals surface area contributed by atoms with Crippen LogP contribution < -0.4 is 0 Å². The fourth-order valence-electron chi connectivity index (χ4n) is 6.37. The van der Waals surface area contributed by atoms with Crippen LogP contribution in [0.3, 0.4) is 0 Å². The third kappa shape index (κ3) is 3.81. The van der Waals surface area contributed by atoms with E-state index >= 15 is 0 Å². The first kappa shape index (κ1) is 24.2. The smallest absolute Gasteiger partial charge is 0.165 e. The molecule has 0 unspecified atom stereocenters. The summed E-state index contributed by atoms with van der Waals surface area (Å²) in [6.45, 7) is 0. The Balaban J connectivity index is 1.48. The standard InChI is InChI=1S/C40H26O2/c41-39-20-19-33-35-22-28(26-11-5-2-6-12-26)16-18-32(35)37(24-38(33)40(39)42)36-23-29-13-7-8-14-30(29)34-21-27(15-17-31(34)36)25-9-3-1-4-10-25/h1-24,41-42H. The summed E-state index contributed by atoms with van der Waals surface area (Å²) in [6.07, 6.45) is 0. The molecule has 0 saturated heterocycles. The Kier molecular flexibility index (Phi) is 5.48. The second-order valence-corrected chi connectivity index (χ2v) is 10.9. The third-order valence-electron chi connectivity index (χ3n) is 8.45. The van der Waals surface area contributed by atoms with Crippen molar-refractivity contribution in [2.24, 2.45) is 0 Å². The molecule has 2 N–H and O–H groups in total. The zero-order valence-electron chi connectivity index (χ0n) is 22.8. The van der Waals surface area contributed by atoms with Gasteiger partial charge in [0.05, 0.1) is 0 Å². The Morgan fingerprint density at radius 1 is 0.310 bits per heavy atom. The molecule has 0 aliphatic heterocycles. The maximum atomic E-state index is 11.1. The van der Waals surface area contributed by atoms with Crippen LogP contribution in [0.25, 0.3) is 76.5 Å². The summed E-state index contributed by atoms with van der Waals surface area (Å²) in [6, 6.07) is 50.3. The van der Waals surface area contributed by atoms with Gasteiger partial charge in [-0.05, 0) is 107 Å². The molecule has 0 bridgehead atoms. The zero-order valence-corrected chi connectivity index (χ0v) is 22.8. The Morgan fingerprint density at radius 2 is 0.833 bits per heavy atom. The van der Waals surface area contributed by atoms with E-state index in [0.29, 0.717) is 5.39 Å².